The van der Waals surface area contributed by atoms with Gasteiger partial charge in [0.1, 0.15) is 11.6 Å². The summed E-state index contributed by atoms with van der Waals surface area (Å²) in [5.74, 6) is 1.02. The molecule has 0 aliphatic heterocycles. The molecule has 19 heavy (non-hydrogen) atoms. The van der Waals surface area contributed by atoms with E-state index < -0.39 is 6.10 Å². The molecule has 1 fully saturated rings. The summed E-state index contributed by atoms with van der Waals surface area (Å²) in [6.07, 6.45) is 5.25. The summed E-state index contributed by atoms with van der Waals surface area (Å²) >= 11 is 0. The zero-order valence-electron chi connectivity index (χ0n) is 11.7. The molecule has 3 heteroatoms. The van der Waals surface area contributed by atoms with Gasteiger partial charge in [0.25, 0.3) is 0 Å². The summed E-state index contributed by atoms with van der Waals surface area (Å²) in [6.45, 7) is 3.85. The van der Waals surface area contributed by atoms with Crippen molar-refractivity contribution in [2.75, 3.05) is 0 Å². The molecule has 0 amide bonds. The molecule has 0 aromatic heterocycles. The van der Waals surface area contributed by atoms with Gasteiger partial charge in [-0.05, 0) is 50.3 Å². The van der Waals surface area contributed by atoms with Gasteiger partial charge >= 0.3 is 0 Å². The van der Waals surface area contributed by atoms with Gasteiger partial charge in [-0.15, -0.1) is 0 Å². The fourth-order valence-electron chi connectivity index (χ4n) is 2.85. The normalized spacial score (nSPS) is 25.1. The molecule has 0 heterocycles. The molecule has 2 rings (SSSR count). The van der Waals surface area contributed by atoms with E-state index in [-0.39, 0.29) is 11.9 Å². The number of halogens is 1. The molecule has 1 aliphatic carbocycles. The van der Waals surface area contributed by atoms with Crippen LogP contribution in [0, 0.1) is 11.7 Å². The molecule has 0 bridgehead atoms. The second-order valence-electron chi connectivity index (χ2n) is 5.54. The lowest BCUT2D eigenvalue weighted by Crippen LogP contribution is -2.25. The maximum Gasteiger partial charge on any atom is 0.125 e. The predicted octanol–water partition coefficient (Wildman–Crippen LogP) is 4.23. The van der Waals surface area contributed by atoms with Gasteiger partial charge in [0.15, 0.2) is 0 Å². The lowest BCUT2D eigenvalue weighted by molar-refractivity contribution is 0.115. The Hall–Kier alpha value is -1.09. The summed E-state index contributed by atoms with van der Waals surface area (Å²) in [4.78, 5) is 0. The Morgan fingerprint density at radius 2 is 2.21 bits per heavy atom. The minimum absolute atomic E-state index is 0.196. The standard InChI is InChI=1S/C16H23FO2/c1-3-12-5-4-6-14(9-12)19-16-8-7-13(17)10-15(16)11(2)18/h7-8,10-12,14,18H,3-6,9H2,1-2H3. The van der Waals surface area contributed by atoms with Crippen molar-refractivity contribution in [2.24, 2.45) is 5.92 Å². The predicted molar refractivity (Wildman–Crippen MR) is 73.7 cm³/mol. The van der Waals surface area contributed by atoms with Gasteiger partial charge in [0, 0.05) is 5.56 Å². The molecular weight excluding hydrogens is 243 g/mol. The third-order valence-corrected chi connectivity index (χ3v) is 4.03. The van der Waals surface area contributed by atoms with Crippen LogP contribution in [-0.2, 0) is 0 Å². The Labute approximate surface area is 114 Å². The van der Waals surface area contributed by atoms with Crippen LogP contribution in [0.5, 0.6) is 5.75 Å². The molecule has 1 aromatic carbocycles. The van der Waals surface area contributed by atoms with Crippen LogP contribution in [0.25, 0.3) is 0 Å². The smallest absolute Gasteiger partial charge is 0.125 e. The lowest BCUT2D eigenvalue weighted by Gasteiger charge is -2.29. The first-order chi connectivity index (χ1) is 9.10. The highest BCUT2D eigenvalue weighted by Crippen LogP contribution is 2.32. The van der Waals surface area contributed by atoms with Gasteiger partial charge in [0.05, 0.1) is 12.2 Å². The van der Waals surface area contributed by atoms with Crippen LogP contribution in [0.1, 0.15) is 57.6 Å². The Bertz CT molecular complexity index is 417. The molecule has 1 saturated carbocycles. The van der Waals surface area contributed by atoms with Gasteiger partial charge in [-0.25, -0.2) is 4.39 Å². The largest absolute Gasteiger partial charge is 0.490 e. The van der Waals surface area contributed by atoms with Crippen LogP contribution in [0.4, 0.5) is 4.39 Å². The Morgan fingerprint density at radius 1 is 1.42 bits per heavy atom. The van der Waals surface area contributed by atoms with Crippen molar-refractivity contribution in [3.63, 3.8) is 0 Å². The van der Waals surface area contributed by atoms with Gasteiger partial charge < -0.3 is 9.84 Å². The number of aliphatic hydroxyl groups excluding tert-OH is 1. The zero-order valence-corrected chi connectivity index (χ0v) is 11.7. The first kappa shape index (κ1) is 14.3. The maximum absolute atomic E-state index is 13.2. The number of hydrogen-bond donors (Lipinski definition) is 1. The molecular formula is C16H23FO2. The summed E-state index contributed by atoms with van der Waals surface area (Å²) in [5.41, 5.74) is 0.540. The van der Waals surface area contributed by atoms with Crippen LogP contribution in [-0.4, -0.2) is 11.2 Å². The molecule has 2 nitrogen and oxygen atoms in total. The summed E-state index contributed by atoms with van der Waals surface area (Å²) < 4.78 is 19.2. The Kier molecular flexibility index (Phi) is 4.81. The van der Waals surface area contributed by atoms with E-state index in [0.29, 0.717) is 11.3 Å². The van der Waals surface area contributed by atoms with Crippen LogP contribution in [0.15, 0.2) is 18.2 Å². The van der Waals surface area contributed by atoms with E-state index in [2.05, 4.69) is 6.92 Å². The van der Waals surface area contributed by atoms with Gasteiger partial charge in [-0.2, -0.15) is 0 Å². The minimum atomic E-state index is -0.712. The van der Waals surface area contributed by atoms with Crippen LogP contribution >= 0.6 is 0 Å². The van der Waals surface area contributed by atoms with Crippen LogP contribution < -0.4 is 4.74 Å². The summed E-state index contributed by atoms with van der Waals surface area (Å²) in [7, 11) is 0. The molecule has 1 aliphatic rings. The van der Waals surface area contributed by atoms with Crippen LogP contribution in [0.3, 0.4) is 0 Å². The monoisotopic (exact) mass is 266 g/mol. The van der Waals surface area contributed by atoms with Gasteiger partial charge in [0.2, 0.25) is 0 Å². The van der Waals surface area contributed by atoms with Crippen molar-refractivity contribution in [3.05, 3.63) is 29.6 Å². The second-order valence-corrected chi connectivity index (χ2v) is 5.54. The average molecular weight is 266 g/mol. The first-order valence-corrected chi connectivity index (χ1v) is 7.24. The third-order valence-electron chi connectivity index (χ3n) is 4.03. The quantitative estimate of drug-likeness (QED) is 0.883. The van der Waals surface area contributed by atoms with E-state index in [4.69, 9.17) is 4.74 Å². The zero-order chi connectivity index (χ0) is 13.8. The summed E-state index contributed by atoms with van der Waals surface area (Å²) in [6, 6.07) is 4.38. The van der Waals surface area contributed by atoms with Crippen molar-refractivity contribution in [1.82, 2.24) is 0 Å². The molecule has 1 N–H and O–H groups in total. The maximum atomic E-state index is 13.2. The number of benzene rings is 1. The molecule has 106 valence electrons. The molecule has 1 aromatic rings. The topological polar surface area (TPSA) is 29.5 Å². The molecule has 3 unspecified atom stereocenters. The van der Waals surface area contributed by atoms with E-state index >= 15 is 0 Å². The fraction of sp³-hybridized carbons (Fsp3) is 0.625. The highest BCUT2D eigenvalue weighted by atomic mass is 19.1. The van der Waals surface area contributed by atoms with E-state index in [1.54, 1.807) is 13.0 Å². The van der Waals surface area contributed by atoms with Crippen molar-refractivity contribution in [2.45, 2.75) is 58.2 Å². The van der Waals surface area contributed by atoms with E-state index in [1.807, 2.05) is 0 Å². The first-order valence-electron chi connectivity index (χ1n) is 7.24. The Morgan fingerprint density at radius 3 is 2.89 bits per heavy atom. The lowest BCUT2D eigenvalue weighted by atomic mass is 9.85. The van der Waals surface area contributed by atoms with Crippen molar-refractivity contribution < 1.29 is 14.2 Å². The van der Waals surface area contributed by atoms with Crippen LogP contribution in [0.2, 0.25) is 0 Å². The SMILES string of the molecule is CCC1CCCC(Oc2ccc(F)cc2C(C)O)C1. The van der Waals surface area contributed by atoms with Crippen molar-refractivity contribution >= 4 is 0 Å². The van der Waals surface area contributed by atoms with Crippen molar-refractivity contribution in [1.29, 1.82) is 0 Å². The number of hydrogen-bond acceptors (Lipinski definition) is 2. The fourth-order valence-corrected chi connectivity index (χ4v) is 2.85. The van der Waals surface area contributed by atoms with E-state index in [0.717, 1.165) is 18.8 Å². The molecule has 0 saturated heterocycles. The number of rotatable bonds is 4. The number of aliphatic hydroxyl groups is 1. The Balaban J connectivity index is 2.10. The van der Waals surface area contributed by atoms with E-state index in [9.17, 15) is 9.50 Å². The minimum Gasteiger partial charge on any atom is -0.490 e. The van der Waals surface area contributed by atoms with E-state index in [1.165, 1.54) is 31.4 Å². The van der Waals surface area contributed by atoms with Gasteiger partial charge in [-0.3, -0.25) is 0 Å². The second kappa shape index (κ2) is 6.38. The highest BCUT2D eigenvalue weighted by Gasteiger charge is 2.23. The summed E-state index contributed by atoms with van der Waals surface area (Å²) in [5, 5.41) is 9.71. The molecule has 0 spiro atoms. The number of ether oxygens (including phenoxy) is 1. The molecule has 3 atom stereocenters. The van der Waals surface area contributed by atoms with Gasteiger partial charge in [-0.1, -0.05) is 19.8 Å². The average Bonchev–Trinajstić information content (AvgIpc) is 2.41. The molecule has 0 radical (unpaired) electrons. The highest BCUT2D eigenvalue weighted by molar-refractivity contribution is 5.35. The van der Waals surface area contributed by atoms with Crippen molar-refractivity contribution in [3.8, 4) is 5.75 Å². The third kappa shape index (κ3) is 3.69.